The van der Waals surface area contributed by atoms with E-state index < -0.39 is 0 Å². The first-order valence-electron chi connectivity index (χ1n) is 8.32. The van der Waals surface area contributed by atoms with Crippen LogP contribution in [0.4, 0.5) is 0 Å². The van der Waals surface area contributed by atoms with Crippen LogP contribution in [0.15, 0.2) is 24.4 Å². The zero-order chi connectivity index (χ0) is 16.8. The summed E-state index contributed by atoms with van der Waals surface area (Å²) >= 11 is 0. The molecule has 1 amide bonds. The maximum absolute atomic E-state index is 12.0. The quantitative estimate of drug-likeness (QED) is 0.815. The van der Waals surface area contributed by atoms with Gasteiger partial charge < -0.3 is 14.8 Å². The Kier molecular flexibility index (Phi) is 5.66. The van der Waals surface area contributed by atoms with Gasteiger partial charge in [0.1, 0.15) is 5.75 Å². The highest BCUT2D eigenvalue weighted by Crippen LogP contribution is 2.20. The average Bonchev–Trinajstić information content (AvgIpc) is 3.03. The van der Waals surface area contributed by atoms with Gasteiger partial charge in [-0.15, -0.1) is 0 Å². The Morgan fingerprint density at radius 2 is 2.17 bits per heavy atom. The molecule has 1 aliphatic rings. The van der Waals surface area contributed by atoms with Crippen LogP contribution < -0.4 is 10.1 Å². The second-order valence-corrected chi connectivity index (χ2v) is 5.85. The van der Waals surface area contributed by atoms with Crippen LogP contribution in [0.2, 0.25) is 0 Å². The van der Waals surface area contributed by atoms with Crippen molar-refractivity contribution in [3.63, 3.8) is 0 Å². The molecule has 0 radical (unpaired) electrons. The molecule has 7 nitrogen and oxygen atoms in total. The summed E-state index contributed by atoms with van der Waals surface area (Å²) in [4.78, 5) is 14.3. The van der Waals surface area contributed by atoms with Crippen LogP contribution in [0, 0.1) is 0 Å². The number of morpholine rings is 1. The summed E-state index contributed by atoms with van der Waals surface area (Å²) in [5.74, 6) is 0.864. The second kappa shape index (κ2) is 8.12. The molecule has 1 aromatic heterocycles. The Morgan fingerprint density at radius 3 is 2.96 bits per heavy atom. The third-order valence-corrected chi connectivity index (χ3v) is 4.25. The van der Waals surface area contributed by atoms with Gasteiger partial charge in [0, 0.05) is 38.0 Å². The first-order valence-corrected chi connectivity index (χ1v) is 8.32. The van der Waals surface area contributed by atoms with E-state index in [4.69, 9.17) is 9.47 Å². The first kappa shape index (κ1) is 16.7. The molecule has 7 heteroatoms. The minimum absolute atomic E-state index is 0.0559. The van der Waals surface area contributed by atoms with E-state index in [2.05, 4.69) is 15.3 Å². The molecule has 0 saturated carbocycles. The number of carbonyl (C=O) groups excluding carboxylic acids is 1. The number of rotatable bonds is 7. The number of hydrogen-bond donors (Lipinski definition) is 1. The Labute approximate surface area is 141 Å². The van der Waals surface area contributed by atoms with Crippen molar-refractivity contribution in [2.24, 2.45) is 0 Å². The van der Waals surface area contributed by atoms with Crippen molar-refractivity contribution >= 4 is 16.8 Å². The highest BCUT2D eigenvalue weighted by Gasteiger charge is 2.11. The Hall–Kier alpha value is -2.12. The zero-order valence-corrected chi connectivity index (χ0v) is 14.0. The van der Waals surface area contributed by atoms with Crippen molar-refractivity contribution in [3.8, 4) is 5.75 Å². The zero-order valence-electron chi connectivity index (χ0n) is 14.0. The lowest BCUT2D eigenvalue weighted by atomic mass is 10.2. The molecule has 0 bridgehead atoms. The van der Waals surface area contributed by atoms with E-state index in [1.807, 2.05) is 22.9 Å². The number of benzene rings is 1. The SMILES string of the molecule is COc1ccc2c(cnn2CCC(=O)NCCN2CCOCC2)c1. The molecule has 1 saturated heterocycles. The highest BCUT2D eigenvalue weighted by atomic mass is 16.5. The number of methoxy groups -OCH3 is 1. The lowest BCUT2D eigenvalue weighted by molar-refractivity contribution is -0.121. The number of aromatic nitrogens is 2. The van der Waals surface area contributed by atoms with Gasteiger partial charge in [0.15, 0.2) is 0 Å². The lowest BCUT2D eigenvalue weighted by Crippen LogP contribution is -2.41. The number of fused-ring (bicyclic) bond motifs is 1. The first-order chi connectivity index (χ1) is 11.8. The lowest BCUT2D eigenvalue weighted by Gasteiger charge is -2.26. The molecule has 1 aliphatic heterocycles. The summed E-state index contributed by atoms with van der Waals surface area (Å²) in [5, 5.41) is 8.35. The number of carbonyl (C=O) groups is 1. The second-order valence-electron chi connectivity index (χ2n) is 5.85. The van der Waals surface area contributed by atoms with E-state index >= 15 is 0 Å². The van der Waals surface area contributed by atoms with Gasteiger partial charge in [-0.3, -0.25) is 14.4 Å². The molecule has 1 fully saturated rings. The number of nitrogens with one attached hydrogen (secondary N) is 1. The number of hydrogen-bond acceptors (Lipinski definition) is 5. The van der Waals surface area contributed by atoms with E-state index in [1.54, 1.807) is 13.3 Å². The summed E-state index contributed by atoms with van der Waals surface area (Å²) < 4.78 is 12.4. The van der Waals surface area contributed by atoms with Gasteiger partial charge in [-0.1, -0.05) is 0 Å². The standard InChI is InChI=1S/C17H24N4O3/c1-23-15-2-3-16-14(12-15)13-19-21(16)6-4-17(22)18-5-7-20-8-10-24-11-9-20/h2-3,12-13H,4-11H2,1H3,(H,18,22). The molecule has 0 aliphatic carbocycles. The van der Waals surface area contributed by atoms with Gasteiger partial charge >= 0.3 is 0 Å². The minimum atomic E-state index is 0.0559. The van der Waals surface area contributed by atoms with Crippen molar-refractivity contribution in [1.29, 1.82) is 0 Å². The summed E-state index contributed by atoms with van der Waals surface area (Å²) in [6.07, 6.45) is 2.22. The Balaban J connectivity index is 1.44. The fourth-order valence-electron chi connectivity index (χ4n) is 2.84. The van der Waals surface area contributed by atoms with Crippen molar-refractivity contribution in [3.05, 3.63) is 24.4 Å². The van der Waals surface area contributed by atoms with Crippen LogP contribution in [-0.4, -0.2) is 67.1 Å². The van der Waals surface area contributed by atoms with Crippen molar-refractivity contribution < 1.29 is 14.3 Å². The Bertz CT molecular complexity index is 680. The van der Waals surface area contributed by atoms with Gasteiger partial charge in [-0.25, -0.2) is 0 Å². The van der Waals surface area contributed by atoms with E-state index in [0.717, 1.165) is 49.5 Å². The van der Waals surface area contributed by atoms with E-state index in [0.29, 0.717) is 19.5 Å². The van der Waals surface area contributed by atoms with Gasteiger partial charge in [-0.2, -0.15) is 5.10 Å². The molecule has 130 valence electrons. The van der Waals surface area contributed by atoms with Crippen molar-refractivity contribution in [2.75, 3.05) is 46.5 Å². The maximum Gasteiger partial charge on any atom is 0.221 e. The van der Waals surface area contributed by atoms with Crippen LogP contribution >= 0.6 is 0 Å². The third-order valence-electron chi connectivity index (χ3n) is 4.25. The van der Waals surface area contributed by atoms with Gasteiger partial charge in [0.25, 0.3) is 0 Å². The van der Waals surface area contributed by atoms with Crippen molar-refractivity contribution in [2.45, 2.75) is 13.0 Å². The molecule has 0 spiro atoms. The van der Waals surface area contributed by atoms with Crippen molar-refractivity contribution in [1.82, 2.24) is 20.0 Å². The van der Waals surface area contributed by atoms with Crippen LogP contribution in [0.1, 0.15) is 6.42 Å². The van der Waals surface area contributed by atoms with E-state index in [9.17, 15) is 4.79 Å². The molecular weight excluding hydrogens is 308 g/mol. The summed E-state index contributed by atoms with van der Waals surface area (Å²) in [7, 11) is 1.65. The van der Waals surface area contributed by atoms with Crippen LogP contribution in [-0.2, 0) is 16.1 Å². The molecular formula is C17H24N4O3. The molecule has 0 unspecified atom stereocenters. The predicted molar refractivity (Wildman–Crippen MR) is 91.2 cm³/mol. The monoisotopic (exact) mass is 332 g/mol. The predicted octanol–water partition coefficient (Wildman–Crippen LogP) is 0.883. The van der Waals surface area contributed by atoms with Gasteiger partial charge in [0.05, 0.1) is 38.6 Å². The molecule has 3 rings (SSSR count). The van der Waals surface area contributed by atoms with Gasteiger partial charge in [0.2, 0.25) is 5.91 Å². The fourth-order valence-corrected chi connectivity index (χ4v) is 2.84. The normalized spacial score (nSPS) is 15.5. The van der Waals surface area contributed by atoms with Crippen LogP contribution in [0.3, 0.4) is 0 Å². The van der Waals surface area contributed by atoms with Crippen LogP contribution in [0.5, 0.6) is 5.75 Å². The molecule has 0 atom stereocenters. The summed E-state index contributed by atoms with van der Waals surface area (Å²) in [5.41, 5.74) is 1.01. The average molecular weight is 332 g/mol. The molecule has 2 aromatic rings. The largest absolute Gasteiger partial charge is 0.497 e. The number of aryl methyl sites for hydroxylation is 1. The number of ether oxygens (including phenoxy) is 2. The topological polar surface area (TPSA) is 68.6 Å². The summed E-state index contributed by atoms with van der Waals surface area (Å²) in [6, 6.07) is 5.82. The fraction of sp³-hybridized carbons (Fsp3) is 0.529. The minimum Gasteiger partial charge on any atom is -0.497 e. The summed E-state index contributed by atoms with van der Waals surface area (Å²) in [6.45, 7) is 5.57. The molecule has 2 heterocycles. The number of nitrogens with zero attached hydrogens (tertiary/aromatic N) is 3. The molecule has 1 N–H and O–H groups in total. The third kappa shape index (κ3) is 4.24. The number of amides is 1. The van der Waals surface area contributed by atoms with Gasteiger partial charge in [-0.05, 0) is 18.2 Å². The molecule has 1 aromatic carbocycles. The smallest absolute Gasteiger partial charge is 0.221 e. The Morgan fingerprint density at radius 1 is 1.33 bits per heavy atom. The maximum atomic E-state index is 12.0. The highest BCUT2D eigenvalue weighted by molar-refractivity contribution is 5.80. The molecule has 24 heavy (non-hydrogen) atoms. The van der Waals surface area contributed by atoms with E-state index in [-0.39, 0.29) is 5.91 Å². The van der Waals surface area contributed by atoms with Crippen LogP contribution in [0.25, 0.3) is 10.9 Å². The van der Waals surface area contributed by atoms with E-state index in [1.165, 1.54) is 0 Å².